The van der Waals surface area contributed by atoms with Gasteiger partial charge in [-0.3, -0.25) is 9.59 Å². The lowest BCUT2D eigenvalue weighted by Crippen LogP contribution is -2.34. The second-order valence-corrected chi connectivity index (χ2v) is 11.2. The fourth-order valence-electron chi connectivity index (χ4n) is 5.13. The van der Waals surface area contributed by atoms with Crippen LogP contribution < -0.4 is 14.8 Å². The zero-order valence-electron chi connectivity index (χ0n) is 22.9. The van der Waals surface area contributed by atoms with Gasteiger partial charge in [0.15, 0.2) is 23.0 Å². The van der Waals surface area contributed by atoms with Gasteiger partial charge >= 0.3 is 0 Å². The molecule has 0 saturated heterocycles. The normalized spacial score (nSPS) is 15.5. The van der Waals surface area contributed by atoms with Crippen molar-refractivity contribution in [1.82, 2.24) is 5.32 Å². The number of benzene rings is 2. The van der Waals surface area contributed by atoms with E-state index in [9.17, 15) is 9.59 Å². The summed E-state index contributed by atoms with van der Waals surface area (Å²) in [6.45, 7) is 11.4. The van der Waals surface area contributed by atoms with Crippen LogP contribution in [-0.2, 0) is 17.3 Å². The molecule has 196 valence electrons. The van der Waals surface area contributed by atoms with Gasteiger partial charge in [-0.25, -0.2) is 0 Å². The number of aryl methyl sites for hydroxylation is 1. The van der Waals surface area contributed by atoms with E-state index in [1.54, 1.807) is 26.4 Å². The number of ketones is 1. The van der Waals surface area contributed by atoms with E-state index in [2.05, 4.69) is 39.1 Å². The molecule has 1 aromatic heterocycles. The molecule has 0 aliphatic heterocycles. The maximum absolute atomic E-state index is 13.4. The average Bonchev–Trinajstić information content (AvgIpc) is 3.36. The summed E-state index contributed by atoms with van der Waals surface area (Å²) in [7, 11) is 3.18. The minimum atomic E-state index is -0.357. The van der Waals surface area contributed by atoms with Crippen LogP contribution in [0.15, 0.2) is 46.9 Å². The molecule has 0 spiro atoms. The van der Waals surface area contributed by atoms with Gasteiger partial charge in [-0.05, 0) is 89.6 Å². The standard InChI is InChI=1S/C31H37NO5/c1-19-16-22-23(31(4,5)14-13-30(22,2)3)18-21(19)28(33)25-10-11-26(37-25)29(34)32-15-12-20-8-9-24(35-6)27(17-20)36-7/h8-11,16-18H,12-15H2,1-7H3,(H,32,34). The number of rotatable bonds is 8. The third kappa shape index (κ3) is 5.29. The summed E-state index contributed by atoms with van der Waals surface area (Å²) in [5.74, 6) is 1.02. The Kier molecular flexibility index (Phi) is 7.22. The molecule has 1 aliphatic rings. The summed E-state index contributed by atoms with van der Waals surface area (Å²) in [6.07, 6.45) is 2.79. The van der Waals surface area contributed by atoms with Crippen molar-refractivity contribution in [3.8, 4) is 11.5 Å². The largest absolute Gasteiger partial charge is 0.493 e. The highest BCUT2D eigenvalue weighted by atomic mass is 16.5. The van der Waals surface area contributed by atoms with Crippen LogP contribution in [0.25, 0.3) is 0 Å². The molecule has 1 N–H and O–H groups in total. The summed E-state index contributed by atoms with van der Waals surface area (Å²) in [4.78, 5) is 26.1. The Labute approximate surface area is 219 Å². The van der Waals surface area contributed by atoms with E-state index in [0.29, 0.717) is 30.0 Å². The Balaban J connectivity index is 1.46. The first-order valence-corrected chi connectivity index (χ1v) is 12.8. The first kappa shape index (κ1) is 26.5. The number of ether oxygens (including phenoxy) is 2. The summed E-state index contributed by atoms with van der Waals surface area (Å²) < 4.78 is 16.3. The molecule has 1 aliphatic carbocycles. The van der Waals surface area contributed by atoms with Gasteiger partial charge in [-0.1, -0.05) is 39.8 Å². The Morgan fingerprint density at radius 1 is 0.865 bits per heavy atom. The quantitative estimate of drug-likeness (QED) is 0.373. The lowest BCUT2D eigenvalue weighted by Gasteiger charge is -2.42. The molecule has 37 heavy (non-hydrogen) atoms. The predicted molar refractivity (Wildman–Crippen MR) is 144 cm³/mol. The topological polar surface area (TPSA) is 77.8 Å². The number of carbonyl (C=O) groups is 2. The minimum Gasteiger partial charge on any atom is -0.493 e. The molecule has 1 amide bonds. The van der Waals surface area contributed by atoms with E-state index in [-0.39, 0.29) is 34.0 Å². The van der Waals surface area contributed by atoms with Gasteiger partial charge in [0.2, 0.25) is 5.78 Å². The molecule has 0 atom stereocenters. The van der Waals surface area contributed by atoms with Crippen LogP contribution in [0.5, 0.6) is 11.5 Å². The number of nitrogens with one attached hydrogen (secondary N) is 1. The van der Waals surface area contributed by atoms with E-state index >= 15 is 0 Å². The van der Waals surface area contributed by atoms with Gasteiger partial charge in [-0.15, -0.1) is 0 Å². The SMILES string of the molecule is COc1ccc(CCNC(=O)c2ccc(C(=O)c3cc4c(cc3C)C(C)(C)CCC4(C)C)o2)cc1OC. The molecule has 0 saturated carbocycles. The van der Waals surface area contributed by atoms with Gasteiger partial charge in [-0.2, -0.15) is 0 Å². The molecular weight excluding hydrogens is 466 g/mol. The van der Waals surface area contributed by atoms with E-state index in [4.69, 9.17) is 13.9 Å². The van der Waals surface area contributed by atoms with Crippen molar-refractivity contribution in [2.75, 3.05) is 20.8 Å². The fourth-order valence-corrected chi connectivity index (χ4v) is 5.13. The van der Waals surface area contributed by atoms with Crippen molar-refractivity contribution in [2.24, 2.45) is 0 Å². The van der Waals surface area contributed by atoms with E-state index in [1.807, 2.05) is 31.2 Å². The van der Waals surface area contributed by atoms with Gasteiger partial charge in [0.1, 0.15) is 0 Å². The summed E-state index contributed by atoms with van der Waals surface area (Å²) in [5.41, 5.74) is 5.15. The number of furan rings is 1. The summed E-state index contributed by atoms with van der Waals surface area (Å²) in [5, 5.41) is 2.86. The van der Waals surface area contributed by atoms with E-state index in [1.165, 1.54) is 11.1 Å². The first-order chi connectivity index (χ1) is 17.5. The number of hydrogen-bond donors (Lipinski definition) is 1. The van der Waals surface area contributed by atoms with Gasteiger partial charge in [0.25, 0.3) is 5.91 Å². The minimum absolute atomic E-state index is 0.00427. The second kappa shape index (κ2) is 10.1. The van der Waals surface area contributed by atoms with Crippen molar-refractivity contribution in [3.63, 3.8) is 0 Å². The Morgan fingerprint density at radius 2 is 1.49 bits per heavy atom. The van der Waals surface area contributed by atoms with Crippen molar-refractivity contribution in [2.45, 2.75) is 64.7 Å². The number of amides is 1. The van der Waals surface area contributed by atoms with Gasteiger partial charge < -0.3 is 19.2 Å². The average molecular weight is 504 g/mol. The third-order valence-corrected chi connectivity index (χ3v) is 7.64. The first-order valence-electron chi connectivity index (χ1n) is 12.8. The molecule has 0 bridgehead atoms. The molecule has 6 nitrogen and oxygen atoms in total. The zero-order chi connectivity index (χ0) is 27.0. The Morgan fingerprint density at radius 3 is 2.14 bits per heavy atom. The Hall–Kier alpha value is -3.54. The molecule has 6 heteroatoms. The molecular formula is C31H37NO5. The number of hydrogen-bond acceptors (Lipinski definition) is 5. The highest BCUT2D eigenvalue weighted by Gasteiger charge is 2.38. The third-order valence-electron chi connectivity index (χ3n) is 7.64. The predicted octanol–water partition coefficient (Wildman–Crippen LogP) is 6.16. The summed E-state index contributed by atoms with van der Waals surface area (Å²) >= 11 is 0. The summed E-state index contributed by atoms with van der Waals surface area (Å²) in [6, 6.07) is 13.0. The van der Waals surface area contributed by atoms with Gasteiger partial charge in [0.05, 0.1) is 14.2 Å². The molecule has 0 unspecified atom stereocenters. The van der Waals surface area contributed by atoms with E-state index in [0.717, 1.165) is 24.0 Å². The zero-order valence-corrected chi connectivity index (χ0v) is 22.9. The number of fused-ring (bicyclic) bond motifs is 1. The molecule has 2 aromatic carbocycles. The number of methoxy groups -OCH3 is 2. The lowest BCUT2D eigenvalue weighted by atomic mass is 9.62. The smallest absolute Gasteiger partial charge is 0.287 e. The van der Waals surface area contributed by atoms with Crippen molar-refractivity contribution in [3.05, 3.63) is 81.8 Å². The van der Waals surface area contributed by atoms with Crippen LogP contribution in [0, 0.1) is 6.92 Å². The monoisotopic (exact) mass is 503 g/mol. The second-order valence-electron chi connectivity index (χ2n) is 11.2. The van der Waals surface area contributed by atoms with Crippen LogP contribution in [0.2, 0.25) is 0 Å². The van der Waals surface area contributed by atoms with Crippen LogP contribution in [-0.4, -0.2) is 32.5 Å². The maximum atomic E-state index is 13.4. The van der Waals surface area contributed by atoms with E-state index < -0.39 is 0 Å². The van der Waals surface area contributed by atoms with Crippen LogP contribution in [0.3, 0.4) is 0 Å². The molecule has 3 aromatic rings. The van der Waals surface area contributed by atoms with Crippen molar-refractivity contribution >= 4 is 11.7 Å². The molecule has 0 fully saturated rings. The van der Waals surface area contributed by atoms with Crippen LogP contribution in [0.4, 0.5) is 0 Å². The van der Waals surface area contributed by atoms with Crippen molar-refractivity contribution < 1.29 is 23.5 Å². The van der Waals surface area contributed by atoms with Gasteiger partial charge in [0, 0.05) is 12.1 Å². The molecule has 4 rings (SSSR count). The highest BCUT2D eigenvalue weighted by Crippen LogP contribution is 2.46. The van der Waals surface area contributed by atoms with Crippen LogP contribution >= 0.6 is 0 Å². The number of carbonyl (C=O) groups excluding carboxylic acids is 2. The Bertz CT molecular complexity index is 1330. The van der Waals surface area contributed by atoms with Crippen LogP contribution in [0.1, 0.15) is 89.5 Å². The fraction of sp³-hybridized carbons (Fsp3) is 0.419. The molecule has 0 radical (unpaired) electrons. The highest BCUT2D eigenvalue weighted by molar-refractivity contribution is 6.09. The van der Waals surface area contributed by atoms with Crippen molar-refractivity contribution in [1.29, 1.82) is 0 Å². The maximum Gasteiger partial charge on any atom is 0.287 e. The lowest BCUT2D eigenvalue weighted by molar-refractivity contribution is 0.0920. The molecule has 1 heterocycles.